The summed E-state index contributed by atoms with van der Waals surface area (Å²) in [6.07, 6.45) is 4.64. The molecule has 2 aromatic carbocycles. The molecular formula is C42H46ClN3O9S2. The molecule has 12 nitrogen and oxygen atoms in total. The highest BCUT2D eigenvalue weighted by atomic mass is 35.5. The molecule has 1 spiro atoms. The van der Waals surface area contributed by atoms with Crippen molar-refractivity contribution in [1.29, 1.82) is 0 Å². The third kappa shape index (κ3) is 7.22. The number of aliphatic hydroxyl groups excluding tert-OH is 1. The van der Waals surface area contributed by atoms with Gasteiger partial charge < -0.3 is 34.1 Å². The second-order valence-electron chi connectivity index (χ2n) is 15.1. The fourth-order valence-electron chi connectivity index (χ4n) is 8.99. The number of carbonyl (C=O) groups is 4. The van der Waals surface area contributed by atoms with Gasteiger partial charge >= 0.3 is 0 Å². The van der Waals surface area contributed by atoms with Crippen molar-refractivity contribution >= 4 is 58.5 Å². The Morgan fingerprint density at radius 1 is 1.05 bits per heavy atom. The SMILES string of the molecule is COc1cc(OC)c2c(c1Cl)O[C@]1(C2=O)C(O)=C(C(CC(=O)N[C@@H](CCSC)C(=O)N2C[C@H]3C[C@@H](C2)c2cccc(=O)n2C3)c2ccc(SC)cc2)C(=O)C[C@H]1C. The molecule has 0 saturated carbocycles. The number of nitrogens with one attached hydrogen (secondary N) is 1. The Morgan fingerprint density at radius 2 is 1.79 bits per heavy atom. The molecule has 57 heavy (non-hydrogen) atoms. The molecule has 2 bridgehead atoms. The highest BCUT2D eigenvalue weighted by Crippen LogP contribution is 2.56. The van der Waals surface area contributed by atoms with Crippen LogP contribution in [0.15, 0.2) is 69.6 Å². The number of benzene rings is 2. The van der Waals surface area contributed by atoms with Crippen LogP contribution >= 0.6 is 35.1 Å². The molecule has 1 unspecified atom stereocenters. The molecule has 3 aromatic rings. The molecule has 1 fully saturated rings. The summed E-state index contributed by atoms with van der Waals surface area (Å²) in [5.74, 6) is -3.17. The van der Waals surface area contributed by atoms with E-state index in [1.54, 1.807) is 43.0 Å². The number of aliphatic hydroxyl groups is 1. The maximum atomic E-state index is 14.5. The maximum absolute atomic E-state index is 14.5. The van der Waals surface area contributed by atoms with E-state index in [1.165, 1.54) is 32.0 Å². The molecule has 302 valence electrons. The van der Waals surface area contributed by atoms with Crippen LogP contribution in [-0.4, -0.2) is 95.2 Å². The number of hydrogen-bond donors (Lipinski definition) is 2. The van der Waals surface area contributed by atoms with Gasteiger partial charge in [0.25, 0.3) is 5.56 Å². The summed E-state index contributed by atoms with van der Waals surface area (Å²) in [5.41, 5.74) is -0.696. The lowest BCUT2D eigenvalue weighted by Crippen LogP contribution is -2.55. The molecule has 6 atom stereocenters. The van der Waals surface area contributed by atoms with E-state index in [1.807, 2.05) is 40.2 Å². The average Bonchev–Trinajstić information content (AvgIpc) is 3.52. The monoisotopic (exact) mass is 835 g/mol. The van der Waals surface area contributed by atoms with Gasteiger partial charge in [0.05, 0.1) is 14.2 Å². The molecule has 2 N–H and O–H groups in total. The molecule has 1 aromatic heterocycles. The number of amides is 2. The minimum Gasteiger partial charge on any atom is -0.507 e. The van der Waals surface area contributed by atoms with Crippen molar-refractivity contribution in [2.75, 3.05) is 45.6 Å². The number of rotatable bonds is 12. The van der Waals surface area contributed by atoms with E-state index in [4.69, 9.17) is 25.8 Å². The lowest BCUT2D eigenvalue weighted by molar-refractivity contribution is -0.139. The summed E-state index contributed by atoms with van der Waals surface area (Å²) in [4.78, 5) is 72.6. The van der Waals surface area contributed by atoms with Crippen molar-refractivity contribution < 1.29 is 38.5 Å². The number of likely N-dealkylation sites (tertiary alicyclic amines) is 1. The number of piperidine rings is 1. The quantitative estimate of drug-likeness (QED) is 0.206. The summed E-state index contributed by atoms with van der Waals surface area (Å²) in [5, 5.41) is 15.3. The largest absolute Gasteiger partial charge is 0.507 e. The van der Waals surface area contributed by atoms with E-state index in [2.05, 4.69) is 5.32 Å². The average molecular weight is 836 g/mol. The van der Waals surface area contributed by atoms with Crippen molar-refractivity contribution in [3.63, 3.8) is 0 Å². The van der Waals surface area contributed by atoms with Crippen LogP contribution < -0.4 is 25.1 Å². The van der Waals surface area contributed by atoms with Gasteiger partial charge in [-0.3, -0.25) is 24.0 Å². The van der Waals surface area contributed by atoms with Crippen molar-refractivity contribution in [2.24, 2.45) is 11.8 Å². The van der Waals surface area contributed by atoms with Crippen LogP contribution in [0.4, 0.5) is 0 Å². The minimum atomic E-state index is -2.03. The minimum absolute atomic E-state index is 0.00502. The van der Waals surface area contributed by atoms with E-state index >= 15 is 0 Å². The first-order valence-corrected chi connectivity index (χ1v) is 21.9. The van der Waals surface area contributed by atoms with Gasteiger partial charge in [-0.1, -0.05) is 36.7 Å². The first-order valence-electron chi connectivity index (χ1n) is 18.9. The van der Waals surface area contributed by atoms with Crippen LogP contribution in [0, 0.1) is 11.8 Å². The number of methoxy groups -OCH3 is 2. The molecule has 1 saturated heterocycles. The van der Waals surface area contributed by atoms with E-state index in [-0.39, 0.29) is 69.6 Å². The Bertz CT molecular complexity index is 2210. The van der Waals surface area contributed by atoms with Gasteiger partial charge in [0.15, 0.2) is 17.3 Å². The summed E-state index contributed by atoms with van der Waals surface area (Å²) in [6, 6.07) is 13.2. The number of allylic oxidation sites excluding steroid dienone is 1. The van der Waals surface area contributed by atoms with Crippen LogP contribution in [0.3, 0.4) is 0 Å². The Labute approximate surface area is 344 Å². The fourth-order valence-corrected chi connectivity index (χ4v) is 10.1. The van der Waals surface area contributed by atoms with Gasteiger partial charge in [-0.05, 0) is 60.8 Å². The second-order valence-corrected chi connectivity index (χ2v) is 17.4. The number of hydrogen-bond acceptors (Lipinski definition) is 11. The van der Waals surface area contributed by atoms with Gasteiger partial charge in [-0.15, -0.1) is 11.8 Å². The van der Waals surface area contributed by atoms with Crippen LogP contribution in [0.25, 0.3) is 0 Å². The summed E-state index contributed by atoms with van der Waals surface area (Å²) >= 11 is 9.75. The lowest BCUT2D eigenvalue weighted by atomic mass is 9.69. The zero-order chi connectivity index (χ0) is 40.8. The van der Waals surface area contributed by atoms with Crippen LogP contribution in [0.2, 0.25) is 5.02 Å². The molecule has 3 aliphatic heterocycles. The van der Waals surface area contributed by atoms with Crippen LogP contribution in [0.1, 0.15) is 66.1 Å². The summed E-state index contributed by atoms with van der Waals surface area (Å²) < 4.78 is 19.1. The van der Waals surface area contributed by atoms with Crippen molar-refractivity contribution in [3.05, 3.63) is 92.1 Å². The van der Waals surface area contributed by atoms with Crippen LogP contribution in [0.5, 0.6) is 17.2 Å². The van der Waals surface area contributed by atoms with Gasteiger partial charge in [-0.2, -0.15) is 11.8 Å². The van der Waals surface area contributed by atoms with Gasteiger partial charge in [0.1, 0.15) is 28.1 Å². The smallest absolute Gasteiger partial charge is 0.250 e. The molecule has 0 radical (unpaired) electrons. The zero-order valence-electron chi connectivity index (χ0n) is 32.5. The number of Topliss-reactive ketones (excluding diaryl/α,β-unsaturated/α-hetero) is 2. The lowest BCUT2D eigenvalue weighted by Gasteiger charge is -2.43. The number of aromatic nitrogens is 1. The van der Waals surface area contributed by atoms with Crippen LogP contribution in [-0.2, 0) is 20.9 Å². The molecule has 1 aliphatic carbocycles. The van der Waals surface area contributed by atoms with E-state index in [9.17, 15) is 29.1 Å². The molecule has 4 heterocycles. The summed E-state index contributed by atoms with van der Waals surface area (Å²) in [7, 11) is 2.80. The number of ketones is 2. The molecule has 4 aliphatic rings. The number of thioether (sulfide) groups is 2. The predicted octanol–water partition coefficient (Wildman–Crippen LogP) is 6.03. The third-order valence-corrected chi connectivity index (χ3v) is 13.5. The van der Waals surface area contributed by atoms with E-state index in [0.29, 0.717) is 37.4 Å². The van der Waals surface area contributed by atoms with Gasteiger partial charge in [0.2, 0.25) is 23.2 Å². The number of carbonyl (C=O) groups excluding carboxylic acids is 4. The summed E-state index contributed by atoms with van der Waals surface area (Å²) in [6.45, 7) is 3.08. The van der Waals surface area contributed by atoms with E-state index < -0.39 is 46.7 Å². The number of fused-ring (bicyclic) bond motifs is 5. The topological polar surface area (TPSA) is 153 Å². The normalized spacial score (nSPS) is 23.4. The Balaban J connectivity index is 1.22. The predicted molar refractivity (Wildman–Crippen MR) is 219 cm³/mol. The first-order chi connectivity index (χ1) is 27.4. The van der Waals surface area contributed by atoms with Gasteiger partial charge in [-0.25, -0.2) is 0 Å². The number of pyridine rings is 1. The number of ether oxygens (including phenoxy) is 3. The Kier molecular flexibility index (Phi) is 11.8. The van der Waals surface area contributed by atoms with E-state index in [0.717, 1.165) is 17.0 Å². The molecule has 15 heteroatoms. The Morgan fingerprint density at radius 3 is 2.47 bits per heavy atom. The van der Waals surface area contributed by atoms with Crippen molar-refractivity contribution in [3.8, 4) is 17.2 Å². The molecular weight excluding hydrogens is 790 g/mol. The fraction of sp³-hybridized carbons (Fsp3) is 0.452. The molecule has 7 rings (SSSR count). The number of nitrogens with zero attached hydrogens (tertiary/aromatic N) is 2. The Hall–Kier alpha value is -4.40. The maximum Gasteiger partial charge on any atom is 0.250 e. The number of halogens is 1. The van der Waals surface area contributed by atoms with Gasteiger partial charge in [0, 0.05) is 78.5 Å². The highest BCUT2D eigenvalue weighted by molar-refractivity contribution is 7.98. The standard InChI is InChI=1S/C42H46ClN3O9S2/c1-22-15-30(47)35(39(50)42(22)40(51)36-31(53-2)18-32(54-3)37(43)38(36)55-42)27(24-9-11-26(57-5)12-10-24)17-33(48)44-28(13-14-56-4)41(52)45-19-23-16-25(21-45)29-7-6-8-34(49)46(29)20-23/h6-12,18,22-23,25,27-28,50H,13-17,19-21H2,1-5H3,(H,44,48)/t22-,23-,25+,27?,28+,42+/m1/s1. The first kappa shape index (κ1) is 40.8. The second kappa shape index (κ2) is 16.5. The van der Waals surface area contributed by atoms with Crippen molar-refractivity contribution in [1.82, 2.24) is 14.8 Å². The zero-order valence-corrected chi connectivity index (χ0v) is 34.9. The van der Waals surface area contributed by atoms with Crippen molar-refractivity contribution in [2.45, 2.75) is 67.5 Å². The molecule has 2 amide bonds. The third-order valence-electron chi connectivity index (χ3n) is 11.8. The highest BCUT2D eigenvalue weighted by Gasteiger charge is 2.61.